The van der Waals surface area contributed by atoms with Crippen LogP contribution in [-0.2, 0) is 25.7 Å². The first-order valence-electron chi connectivity index (χ1n) is 9.95. The van der Waals surface area contributed by atoms with E-state index in [1.165, 1.54) is 15.4 Å². The number of aromatic nitrogens is 2. The Morgan fingerprint density at radius 1 is 1.14 bits per heavy atom. The van der Waals surface area contributed by atoms with Crippen LogP contribution in [0, 0.1) is 18.8 Å². The Hall–Kier alpha value is -3.03. The molecule has 3 heterocycles. The Morgan fingerprint density at radius 2 is 1.83 bits per heavy atom. The zero-order valence-corrected chi connectivity index (χ0v) is 16.3. The first-order valence-corrected chi connectivity index (χ1v) is 9.95. The Labute approximate surface area is 167 Å². The van der Waals surface area contributed by atoms with Gasteiger partial charge in [0.15, 0.2) is 0 Å². The summed E-state index contributed by atoms with van der Waals surface area (Å²) in [5.41, 5.74) is 1.37. The van der Waals surface area contributed by atoms with Gasteiger partial charge in [-0.25, -0.2) is 4.98 Å². The molecule has 1 aliphatic carbocycles. The van der Waals surface area contributed by atoms with Gasteiger partial charge in [-0.1, -0.05) is 18.9 Å². The van der Waals surface area contributed by atoms with Crippen molar-refractivity contribution in [3.63, 3.8) is 0 Å². The standard InChI is InChI=1S/C21H23N3O5/c1-13-5-4-8-17-22-14(11-18(25)24(13)17)12-29-19(26)9-10-23-20(27)15-6-2-3-7-16(15)21(23)28/h4-5,8,11,15-16H,2-3,6-7,9-10,12H2,1H3/t15-,16+. The highest BCUT2D eigenvalue weighted by molar-refractivity contribution is 6.05. The average Bonchev–Trinajstić information content (AvgIpc) is 2.95. The lowest BCUT2D eigenvalue weighted by atomic mass is 9.81. The highest BCUT2D eigenvalue weighted by Gasteiger charge is 2.47. The summed E-state index contributed by atoms with van der Waals surface area (Å²) in [6, 6.07) is 6.66. The monoisotopic (exact) mass is 397 g/mol. The molecule has 8 heteroatoms. The quantitative estimate of drug-likeness (QED) is 0.562. The molecule has 0 radical (unpaired) electrons. The van der Waals surface area contributed by atoms with Gasteiger partial charge in [-0.2, -0.15) is 0 Å². The van der Waals surface area contributed by atoms with E-state index in [9.17, 15) is 19.2 Å². The fraction of sp³-hybridized carbons (Fsp3) is 0.476. The minimum absolute atomic E-state index is 0.0382. The minimum atomic E-state index is -0.535. The molecule has 2 aromatic heterocycles. The number of fused-ring (bicyclic) bond motifs is 2. The van der Waals surface area contributed by atoms with Gasteiger partial charge in [-0.3, -0.25) is 28.5 Å². The van der Waals surface area contributed by atoms with Crippen LogP contribution in [0.4, 0.5) is 0 Å². The van der Waals surface area contributed by atoms with Crippen LogP contribution in [0.1, 0.15) is 43.5 Å². The molecule has 1 saturated heterocycles. The lowest BCUT2D eigenvalue weighted by Gasteiger charge is -2.19. The van der Waals surface area contributed by atoms with Gasteiger partial charge in [-0.15, -0.1) is 0 Å². The van der Waals surface area contributed by atoms with E-state index in [1.54, 1.807) is 12.1 Å². The first-order chi connectivity index (χ1) is 14.0. The molecular formula is C21H23N3O5. The van der Waals surface area contributed by atoms with Crippen molar-refractivity contribution in [1.82, 2.24) is 14.3 Å². The number of ether oxygens (including phenoxy) is 1. The van der Waals surface area contributed by atoms with Gasteiger partial charge in [0, 0.05) is 18.3 Å². The molecule has 0 unspecified atom stereocenters. The number of nitrogens with zero attached hydrogens (tertiary/aromatic N) is 3. The molecule has 2 fully saturated rings. The van der Waals surface area contributed by atoms with E-state index in [0.29, 0.717) is 11.3 Å². The van der Waals surface area contributed by atoms with Gasteiger partial charge in [0.2, 0.25) is 11.8 Å². The zero-order chi connectivity index (χ0) is 20.5. The molecule has 0 spiro atoms. The molecule has 1 saturated carbocycles. The number of pyridine rings is 1. The summed E-state index contributed by atoms with van der Waals surface area (Å²) in [5.74, 6) is -1.29. The predicted molar refractivity (Wildman–Crippen MR) is 103 cm³/mol. The second kappa shape index (κ2) is 7.77. The lowest BCUT2D eigenvalue weighted by Crippen LogP contribution is -2.33. The molecule has 2 atom stereocenters. The Bertz CT molecular complexity index is 1020. The molecule has 2 aromatic rings. The summed E-state index contributed by atoms with van der Waals surface area (Å²) >= 11 is 0. The van der Waals surface area contributed by atoms with Crippen molar-refractivity contribution in [3.05, 3.63) is 46.0 Å². The largest absolute Gasteiger partial charge is 0.459 e. The maximum absolute atomic E-state index is 12.4. The number of amides is 2. The molecule has 152 valence electrons. The summed E-state index contributed by atoms with van der Waals surface area (Å²) in [6.45, 7) is 1.72. The molecule has 8 nitrogen and oxygen atoms in total. The van der Waals surface area contributed by atoms with Crippen molar-refractivity contribution in [1.29, 1.82) is 0 Å². The number of esters is 1. The van der Waals surface area contributed by atoms with E-state index in [0.717, 1.165) is 31.4 Å². The van der Waals surface area contributed by atoms with E-state index >= 15 is 0 Å². The van der Waals surface area contributed by atoms with Crippen LogP contribution >= 0.6 is 0 Å². The molecule has 0 aromatic carbocycles. The number of aryl methyl sites for hydroxylation is 1. The third-order valence-electron chi connectivity index (χ3n) is 5.79. The van der Waals surface area contributed by atoms with Crippen molar-refractivity contribution in [2.24, 2.45) is 11.8 Å². The SMILES string of the molecule is Cc1cccc2nc(COC(=O)CCN3C(=O)[C@H]4CCCC[C@H]4C3=O)cc(=O)n12. The van der Waals surface area contributed by atoms with Crippen LogP contribution in [0.25, 0.3) is 5.65 Å². The molecule has 1 aliphatic heterocycles. The molecule has 29 heavy (non-hydrogen) atoms. The van der Waals surface area contributed by atoms with Crippen molar-refractivity contribution >= 4 is 23.4 Å². The van der Waals surface area contributed by atoms with Crippen LogP contribution in [0.2, 0.25) is 0 Å². The van der Waals surface area contributed by atoms with Gasteiger partial charge in [-0.05, 0) is 31.9 Å². The summed E-state index contributed by atoms with van der Waals surface area (Å²) < 4.78 is 6.69. The number of hydrogen-bond acceptors (Lipinski definition) is 6. The fourth-order valence-corrected chi connectivity index (χ4v) is 4.32. The predicted octanol–water partition coefficient (Wildman–Crippen LogP) is 1.61. The van der Waals surface area contributed by atoms with Gasteiger partial charge in [0.05, 0.1) is 24.0 Å². The number of likely N-dealkylation sites (tertiary alicyclic amines) is 1. The summed E-state index contributed by atoms with van der Waals surface area (Å²) in [5, 5.41) is 0. The van der Waals surface area contributed by atoms with Gasteiger partial charge in [0.25, 0.3) is 5.56 Å². The summed E-state index contributed by atoms with van der Waals surface area (Å²) in [6.07, 6.45) is 3.36. The van der Waals surface area contributed by atoms with Gasteiger partial charge in [0.1, 0.15) is 12.3 Å². The number of carbonyl (C=O) groups excluding carboxylic acids is 3. The van der Waals surface area contributed by atoms with E-state index in [4.69, 9.17) is 4.74 Å². The number of rotatable bonds is 5. The molecule has 4 rings (SSSR count). The van der Waals surface area contributed by atoms with Crippen LogP contribution in [0.5, 0.6) is 0 Å². The highest BCUT2D eigenvalue weighted by atomic mass is 16.5. The molecule has 0 bridgehead atoms. The van der Waals surface area contributed by atoms with E-state index in [-0.39, 0.29) is 48.8 Å². The average molecular weight is 397 g/mol. The second-order valence-electron chi connectivity index (χ2n) is 7.68. The van der Waals surface area contributed by atoms with Crippen LogP contribution in [0.3, 0.4) is 0 Å². The maximum Gasteiger partial charge on any atom is 0.307 e. The third-order valence-corrected chi connectivity index (χ3v) is 5.79. The molecule has 0 N–H and O–H groups in total. The number of hydrogen-bond donors (Lipinski definition) is 0. The van der Waals surface area contributed by atoms with Gasteiger partial charge < -0.3 is 4.74 Å². The normalized spacial score (nSPS) is 21.5. The highest BCUT2D eigenvalue weighted by Crippen LogP contribution is 2.37. The topological polar surface area (TPSA) is 98.0 Å². The van der Waals surface area contributed by atoms with Crippen LogP contribution < -0.4 is 5.56 Å². The lowest BCUT2D eigenvalue weighted by molar-refractivity contribution is -0.146. The first kappa shape index (κ1) is 19.3. The van der Waals surface area contributed by atoms with E-state index in [2.05, 4.69) is 4.98 Å². The minimum Gasteiger partial charge on any atom is -0.459 e. The van der Waals surface area contributed by atoms with Crippen molar-refractivity contribution < 1.29 is 19.1 Å². The molecular weight excluding hydrogens is 374 g/mol. The maximum atomic E-state index is 12.4. The summed E-state index contributed by atoms with van der Waals surface area (Å²) in [7, 11) is 0. The fourth-order valence-electron chi connectivity index (χ4n) is 4.32. The Kier molecular flexibility index (Phi) is 5.17. The molecule has 2 amide bonds. The third kappa shape index (κ3) is 3.66. The Balaban J connectivity index is 1.35. The zero-order valence-electron chi connectivity index (χ0n) is 16.3. The molecule has 2 aliphatic rings. The number of carbonyl (C=O) groups is 3. The Morgan fingerprint density at radius 3 is 2.52 bits per heavy atom. The number of imide groups is 1. The van der Waals surface area contributed by atoms with Crippen molar-refractivity contribution in [3.8, 4) is 0 Å². The second-order valence-corrected chi connectivity index (χ2v) is 7.68. The van der Waals surface area contributed by atoms with Crippen molar-refractivity contribution in [2.45, 2.75) is 45.6 Å². The van der Waals surface area contributed by atoms with Crippen LogP contribution in [0.15, 0.2) is 29.1 Å². The van der Waals surface area contributed by atoms with Crippen LogP contribution in [-0.4, -0.2) is 38.6 Å². The smallest absolute Gasteiger partial charge is 0.307 e. The van der Waals surface area contributed by atoms with E-state index < -0.39 is 5.97 Å². The van der Waals surface area contributed by atoms with E-state index in [1.807, 2.05) is 13.0 Å². The van der Waals surface area contributed by atoms with Gasteiger partial charge >= 0.3 is 5.97 Å². The summed E-state index contributed by atoms with van der Waals surface area (Å²) in [4.78, 5) is 54.8. The van der Waals surface area contributed by atoms with Crippen molar-refractivity contribution in [2.75, 3.05) is 6.54 Å².